The van der Waals surface area contributed by atoms with Crippen LogP contribution in [0.4, 0.5) is 17.6 Å². The van der Waals surface area contributed by atoms with E-state index in [9.17, 15) is 22.4 Å². The Bertz CT molecular complexity index is 973. The molecule has 0 bridgehead atoms. The highest BCUT2D eigenvalue weighted by Crippen LogP contribution is 2.35. The highest BCUT2D eigenvalue weighted by atomic mass is 79.9. The summed E-state index contributed by atoms with van der Waals surface area (Å²) in [6.07, 6.45) is -4.74. The molecule has 1 aliphatic heterocycles. The Morgan fingerprint density at radius 1 is 1.16 bits per heavy atom. The number of rotatable bonds is 5. The molecule has 0 saturated carbocycles. The van der Waals surface area contributed by atoms with Crippen LogP contribution in [0.3, 0.4) is 0 Å². The first-order chi connectivity index (χ1) is 14.5. The summed E-state index contributed by atoms with van der Waals surface area (Å²) in [7, 11) is 1.80. The Kier molecular flexibility index (Phi) is 7.56. The largest absolute Gasteiger partial charge is 0.419 e. The van der Waals surface area contributed by atoms with E-state index in [1.807, 2.05) is 11.0 Å². The molecule has 2 aromatic carbocycles. The second-order valence-corrected chi connectivity index (χ2v) is 8.88. The molecule has 2 aromatic rings. The summed E-state index contributed by atoms with van der Waals surface area (Å²) in [6.45, 7) is 1.10. The number of hydrogen-bond acceptors (Lipinski definition) is 2. The van der Waals surface area contributed by atoms with E-state index >= 15 is 0 Å². The standard InChI is InChI=1S/C21H19BrCl2F4N2O/c1-29(9-12-2-4-15(18(25)6-12)21(26,27)28)19-11-30(20(31)8-22)10-14(19)13-3-5-16(23)17(24)7-13/h2-7,14,19H,8-11H2,1H3/t14-,19-/m1/s1. The van der Waals surface area contributed by atoms with E-state index in [-0.39, 0.29) is 29.7 Å². The van der Waals surface area contributed by atoms with Crippen molar-refractivity contribution < 1.29 is 22.4 Å². The van der Waals surface area contributed by atoms with E-state index in [0.29, 0.717) is 28.7 Å². The van der Waals surface area contributed by atoms with E-state index < -0.39 is 17.6 Å². The molecular weight excluding hydrogens is 523 g/mol. The Morgan fingerprint density at radius 3 is 2.45 bits per heavy atom. The van der Waals surface area contributed by atoms with Crippen LogP contribution in [0.5, 0.6) is 0 Å². The van der Waals surface area contributed by atoms with Crippen molar-refractivity contribution in [3.8, 4) is 0 Å². The molecule has 0 aromatic heterocycles. The van der Waals surface area contributed by atoms with Gasteiger partial charge in [0.1, 0.15) is 5.82 Å². The monoisotopic (exact) mass is 540 g/mol. The van der Waals surface area contributed by atoms with Crippen molar-refractivity contribution in [3.63, 3.8) is 0 Å². The van der Waals surface area contributed by atoms with Gasteiger partial charge in [-0.15, -0.1) is 0 Å². The summed E-state index contributed by atoms with van der Waals surface area (Å²) in [5, 5.41) is 0.999. The van der Waals surface area contributed by atoms with Crippen molar-refractivity contribution in [1.82, 2.24) is 9.80 Å². The Balaban J connectivity index is 1.85. The predicted octanol–water partition coefficient (Wildman–Crippen LogP) is 5.97. The Labute approximate surface area is 196 Å². The maximum atomic E-state index is 14.0. The van der Waals surface area contributed by atoms with Gasteiger partial charge in [0.2, 0.25) is 5.91 Å². The molecule has 1 fully saturated rings. The van der Waals surface area contributed by atoms with E-state index in [2.05, 4.69) is 15.9 Å². The van der Waals surface area contributed by atoms with Gasteiger partial charge in [-0.25, -0.2) is 4.39 Å². The molecule has 3 nitrogen and oxygen atoms in total. The molecule has 2 atom stereocenters. The zero-order chi connectivity index (χ0) is 22.9. The molecule has 3 rings (SSSR count). The molecule has 0 spiro atoms. The summed E-state index contributed by atoms with van der Waals surface area (Å²) in [5.41, 5.74) is 0.0171. The van der Waals surface area contributed by atoms with E-state index in [1.54, 1.807) is 24.1 Å². The molecule has 0 radical (unpaired) electrons. The topological polar surface area (TPSA) is 23.6 Å². The number of amides is 1. The van der Waals surface area contributed by atoms with Gasteiger partial charge in [0.25, 0.3) is 0 Å². The number of hydrogen-bond donors (Lipinski definition) is 0. The normalized spacial score (nSPS) is 19.3. The first-order valence-electron chi connectivity index (χ1n) is 9.35. The van der Waals surface area contributed by atoms with Crippen molar-refractivity contribution in [2.24, 2.45) is 0 Å². The number of nitrogens with zero attached hydrogens (tertiary/aromatic N) is 2. The van der Waals surface area contributed by atoms with Crippen molar-refractivity contribution in [2.45, 2.75) is 24.7 Å². The van der Waals surface area contributed by atoms with Crippen molar-refractivity contribution in [3.05, 3.63) is 69.0 Å². The van der Waals surface area contributed by atoms with Crippen LogP contribution < -0.4 is 0 Å². The summed E-state index contributed by atoms with van der Waals surface area (Å²) in [4.78, 5) is 15.9. The van der Waals surface area contributed by atoms with Crippen LogP contribution >= 0.6 is 39.1 Å². The van der Waals surface area contributed by atoms with Crippen molar-refractivity contribution >= 4 is 45.0 Å². The fourth-order valence-corrected chi connectivity index (χ4v) is 4.55. The number of likely N-dealkylation sites (N-methyl/N-ethyl adjacent to an activating group) is 1. The zero-order valence-corrected chi connectivity index (χ0v) is 19.5. The average Bonchev–Trinajstić information content (AvgIpc) is 3.14. The minimum Gasteiger partial charge on any atom is -0.340 e. The highest BCUT2D eigenvalue weighted by Gasteiger charge is 2.38. The molecule has 1 saturated heterocycles. The summed E-state index contributed by atoms with van der Waals surface area (Å²) in [5.74, 6) is -1.47. The second-order valence-electron chi connectivity index (χ2n) is 7.51. The van der Waals surface area contributed by atoms with Gasteiger partial charge in [0, 0.05) is 31.6 Å². The molecule has 1 aliphatic rings. The Hall–Kier alpha value is -1.35. The van der Waals surface area contributed by atoms with Crippen LogP contribution in [-0.2, 0) is 17.5 Å². The number of carbonyl (C=O) groups excluding carboxylic acids is 1. The third-order valence-corrected chi connectivity index (χ3v) is 6.68. The molecule has 0 N–H and O–H groups in total. The predicted molar refractivity (Wildman–Crippen MR) is 116 cm³/mol. The lowest BCUT2D eigenvalue weighted by atomic mass is 9.93. The molecule has 168 valence electrons. The molecule has 1 amide bonds. The van der Waals surface area contributed by atoms with Gasteiger partial charge in [-0.2, -0.15) is 13.2 Å². The van der Waals surface area contributed by atoms with Gasteiger partial charge in [0.05, 0.1) is 20.9 Å². The zero-order valence-electron chi connectivity index (χ0n) is 16.4. The van der Waals surface area contributed by atoms with Crippen LogP contribution in [0.2, 0.25) is 10.0 Å². The van der Waals surface area contributed by atoms with Gasteiger partial charge in [-0.3, -0.25) is 9.69 Å². The minimum absolute atomic E-state index is 0.0680. The SMILES string of the molecule is CN(Cc1ccc(C(F)(F)F)c(F)c1)[C@@H]1CN(C(=O)CBr)C[C@@H]1c1ccc(Cl)c(Cl)c1. The third kappa shape index (κ3) is 5.53. The molecular formula is C21H19BrCl2F4N2O. The summed E-state index contributed by atoms with van der Waals surface area (Å²) >= 11 is 15.4. The number of carbonyl (C=O) groups is 1. The first kappa shape index (κ1) is 24.3. The number of halogens is 7. The lowest BCUT2D eigenvalue weighted by Crippen LogP contribution is -2.38. The lowest BCUT2D eigenvalue weighted by Gasteiger charge is -2.29. The second kappa shape index (κ2) is 9.65. The molecule has 0 unspecified atom stereocenters. The quantitative estimate of drug-likeness (QED) is 0.344. The van der Waals surface area contributed by atoms with Gasteiger partial charge < -0.3 is 4.90 Å². The average molecular weight is 542 g/mol. The minimum atomic E-state index is -4.74. The first-order valence-corrected chi connectivity index (χ1v) is 11.2. The fourth-order valence-electron chi connectivity index (χ4n) is 3.88. The summed E-state index contributed by atoms with van der Waals surface area (Å²) < 4.78 is 52.5. The van der Waals surface area contributed by atoms with Crippen LogP contribution in [0.25, 0.3) is 0 Å². The van der Waals surface area contributed by atoms with Crippen LogP contribution in [-0.4, -0.2) is 47.2 Å². The summed E-state index contributed by atoms with van der Waals surface area (Å²) in [6, 6.07) is 8.08. The highest BCUT2D eigenvalue weighted by molar-refractivity contribution is 9.09. The van der Waals surface area contributed by atoms with Gasteiger partial charge >= 0.3 is 6.18 Å². The molecule has 0 aliphatic carbocycles. The maximum absolute atomic E-state index is 14.0. The van der Waals surface area contributed by atoms with E-state index in [4.69, 9.17) is 23.2 Å². The van der Waals surface area contributed by atoms with Crippen molar-refractivity contribution in [2.75, 3.05) is 25.5 Å². The van der Waals surface area contributed by atoms with Gasteiger partial charge in [-0.1, -0.05) is 51.3 Å². The molecule has 1 heterocycles. The smallest absolute Gasteiger partial charge is 0.340 e. The van der Waals surface area contributed by atoms with Gasteiger partial charge in [-0.05, 0) is 42.4 Å². The van der Waals surface area contributed by atoms with Crippen LogP contribution in [0.1, 0.15) is 22.6 Å². The van der Waals surface area contributed by atoms with E-state index in [0.717, 1.165) is 17.7 Å². The number of benzene rings is 2. The third-order valence-electron chi connectivity index (χ3n) is 5.46. The van der Waals surface area contributed by atoms with Crippen LogP contribution in [0, 0.1) is 5.82 Å². The lowest BCUT2D eigenvalue weighted by molar-refractivity contribution is -0.140. The Morgan fingerprint density at radius 2 is 1.87 bits per heavy atom. The molecule has 31 heavy (non-hydrogen) atoms. The fraction of sp³-hybridized carbons (Fsp3) is 0.381. The van der Waals surface area contributed by atoms with Crippen LogP contribution in [0.15, 0.2) is 36.4 Å². The van der Waals surface area contributed by atoms with Crippen molar-refractivity contribution in [1.29, 1.82) is 0 Å². The number of likely N-dealkylation sites (tertiary alicyclic amines) is 1. The number of alkyl halides is 4. The molecule has 10 heteroatoms. The van der Waals surface area contributed by atoms with Gasteiger partial charge in [0.15, 0.2) is 0 Å². The van der Waals surface area contributed by atoms with E-state index in [1.165, 1.54) is 6.07 Å². The maximum Gasteiger partial charge on any atom is 0.419 e.